The van der Waals surface area contributed by atoms with E-state index in [2.05, 4.69) is 28.9 Å². The third-order valence-electron chi connectivity index (χ3n) is 3.64. The summed E-state index contributed by atoms with van der Waals surface area (Å²) in [6.07, 6.45) is 3.93. The number of hydrogen-bond donors (Lipinski definition) is 0. The Morgan fingerprint density at radius 3 is 2.88 bits per heavy atom. The van der Waals surface area contributed by atoms with Crippen molar-refractivity contribution in [2.75, 3.05) is 0 Å². The molecular weight excluding hydrogens is 298 g/mol. The number of hydrogen-bond acceptors (Lipinski definition) is 1. The fourth-order valence-electron chi connectivity index (χ4n) is 2.73. The van der Waals surface area contributed by atoms with Gasteiger partial charge in [-0.05, 0) is 49.3 Å². The van der Waals surface area contributed by atoms with Crippen LogP contribution in [0.4, 0.5) is 0 Å². The molecule has 0 spiro atoms. The summed E-state index contributed by atoms with van der Waals surface area (Å²) >= 11 is 9.62. The topological polar surface area (TPSA) is 23.8 Å². The van der Waals surface area contributed by atoms with E-state index in [1.165, 1.54) is 0 Å². The van der Waals surface area contributed by atoms with Gasteiger partial charge in [0, 0.05) is 9.50 Å². The van der Waals surface area contributed by atoms with Gasteiger partial charge in [0.05, 0.1) is 11.5 Å². The first-order chi connectivity index (χ1) is 8.04. The molecule has 0 heterocycles. The molecule has 1 saturated carbocycles. The van der Waals surface area contributed by atoms with Crippen molar-refractivity contribution in [2.24, 2.45) is 11.3 Å². The highest BCUT2D eigenvalue weighted by atomic mass is 79.9. The highest BCUT2D eigenvalue weighted by Crippen LogP contribution is 2.44. The van der Waals surface area contributed by atoms with Crippen LogP contribution in [0, 0.1) is 22.7 Å². The summed E-state index contributed by atoms with van der Waals surface area (Å²) < 4.78 is 0.983. The third kappa shape index (κ3) is 2.84. The molecule has 0 aromatic heterocycles. The lowest BCUT2D eigenvalue weighted by Gasteiger charge is -2.21. The maximum Gasteiger partial charge on any atom is 0.0693 e. The van der Waals surface area contributed by atoms with Crippen LogP contribution in [-0.2, 0) is 6.42 Å². The highest BCUT2D eigenvalue weighted by Gasteiger charge is 2.38. The Morgan fingerprint density at radius 2 is 2.35 bits per heavy atom. The summed E-state index contributed by atoms with van der Waals surface area (Å²) in [7, 11) is 0. The van der Waals surface area contributed by atoms with Crippen molar-refractivity contribution < 1.29 is 0 Å². The number of rotatable bonds is 2. The summed E-state index contributed by atoms with van der Waals surface area (Å²) in [5.74, 6) is 0.656. The second-order valence-corrected chi connectivity index (χ2v) is 6.48. The van der Waals surface area contributed by atoms with E-state index in [0.29, 0.717) is 5.92 Å². The first-order valence-electron chi connectivity index (χ1n) is 5.90. The molecular formula is C14H15BrClN. The lowest BCUT2D eigenvalue weighted by atomic mass is 9.81. The molecule has 1 fully saturated rings. The fraction of sp³-hybridized carbons (Fsp3) is 0.500. The zero-order valence-electron chi connectivity index (χ0n) is 9.84. The summed E-state index contributed by atoms with van der Waals surface area (Å²) in [4.78, 5) is 0. The average molecular weight is 313 g/mol. The van der Waals surface area contributed by atoms with Gasteiger partial charge in [-0.15, -0.1) is 0 Å². The van der Waals surface area contributed by atoms with Crippen LogP contribution in [0.15, 0.2) is 22.7 Å². The van der Waals surface area contributed by atoms with Gasteiger partial charge in [-0.1, -0.05) is 40.5 Å². The van der Waals surface area contributed by atoms with Crippen LogP contribution in [0.25, 0.3) is 0 Å². The van der Waals surface area contributed by atoms with E-state index in [4.69, 9.17) is 11.6 Å². The fourth-order valence-corrected chi connectivity index (χ4v) is 3.47. The van der Waals surface area contributed by atoms with E-state index in [1.807, 2.05) is 18.2 Å². The quantitative estimate of drug-likeness (QED) is 0.756. The standard InChI is InChI=1S/C14H15BrClN/c1-10-4-5-14(7-10,9-17)8-11-2-3-12(15)6-13(11)16/h2-3,6,10H,4-5,7-8H2,1H3. The molecule has 0 amide bonds. The molecule has 0 saturated heterocycles. The van der Waals surface area contributed by atoms with Crippen LogP contribution in [0.3, 0.4) is 0 Å². The number of nitriles is 1. The molecule has 3 heteroatoms. The lowest BCUT2D eigenvalue weighted by Crippen LogP contribution is -2.18. The molecule has 0 bridgehead atoms. The average Bonchev–Trinajstić information content (AvgIpc) is 2.65. The minimum Gasteiger partial charge on any atom is -0.198 e. The van der Waals surface area contributed by atoms with E-state index in [9.17, 15) is 5.26 Å². The first-order valence-corrected chi connectivity index (χ1v) is 7.07. The molecule has 0 aliphatic heterocycles. The van der Waals surface area contributed by atoms with Crippen molar-refractivity contribution in [1.29, 1.82) is 5.26 Å². The molecule has 90 valence electrons. The number of halogens is 2. The summed E-state index contributed by atoms with van der Waals surface area (Å²) in [5.41, 5.74) is 0.891. The van der Waals surface area contributed by atoms with E-state index in [0.717, 1.165) is 40.7 Å². The Labute approximate surface area is 116 Å². The van der Waals surface area contributed by atoms with Crippen molar-refractivity contribution in [3.05, 3.63) is 33.3 Å². The first kappa shape index (κ1) is 12.9. The number of nitrogens with zero attached hydrogens (tertiary/aromatic N) is 1. The SMILES string of the molecule is CC1CCC(C#N)(Cc2ccc(Br)cc2Cl)C1. The van der Waals surface area contributed by atoms with Crippen molar-refractivity contribution in [2.45, 2.75) is 32.6 Å². The lowest BCUT2D eigenvalue weighted by molar-refractivity contribution is 0.391. The van der Waals surface area contributed by atoms with Gasteiger partial charge >= 0.3 is 0 Å². The normalized spacial score (nSPS) is 28.0. The van der Waals surface area contributed by atoms with Crippen molar-refractivity contribution >= 4 is 27.5 Å². The van der Waals surface area contributed by atoms with Crippen LogP contribution < -0.4 is 0 Å². The monoisotopic (exact) mass is 311 g/mol. The Bertz CT molecular complexity index is 466. The third-order valence-corrected chi connectivity index (χ3v) is 4.48. The van der Waals surface area contributed by atoms with E-state index >= 15 is 0 Å². The molecule has 17 heavy (non-hydrogen) atoms. The minimum absolute atomic E-state index is 0.198. The van der Waals surface area contributed by atoms with Gasteiger partial charge in [0.2, 0.25) is 0 Å². The van der Waals surface area contributed by atoms with Gasteiger partial charge in [0.25, 0.3) is 0 Å². The Balaban J connectivity index is 2.22. The maximum atomic E-state index is 9.44. The van der Waals surface area contributed by atoms with Crippen LogP contribution >= 0.6 is 27.5 Å². The molecule has 2 unspecified atom stereocenters. The molecule has 0 radical (unpaired) electrons. The van der Waals surface area contributed by atoms with Crippen molar-refractivity contribution in [3.63, 3.8) is 0 Å². The predicted molar refractivity (Wildman–Crippen MR) is 73.9 cm³/mol. The van der Waals surface area contributed by atoms with Gasteiger partial charge in [-0.3, -0.25) is 0 Å². The second-order valence-electron chi connectivity index (χ2n) is 5.15. The van der Waals surface area contributed by atoms with Gasteiger partial charge < -0.3 is 0 Å². The molecule has 1 aliphatic carbocycles. The molecule has 1 aromatic carbocycles. The molecule has 1 nitrogen and oxygen atoms in total. The summed E-state index contributed by atoms with van der Waals surface area (Å²) in [6, 6.07) is 8.44. The predicted octanol–water partition coefficient (Wildman–Crippen LogP) is 4.97. The van der Waals surface area contributed by atoms with E-state index in [1.54, 1.807) is 0 Å². The Morgan fingerprint density at radius 1 is 1.59 bits per heavy atom. The summed E-state index contributed by atoms with van der Waals surface area (Å²) in [6.45, 7) is 2.22. The zero-order chi connectivity index (χ0) is 12.5. The second kappa shape index (κ2) is 5.00. The van der Waals surface area contributed by atoms with Crippen molar-refractivity contribution in [3.8, 4) is 6.07 Å². The van der Waals surface area contributed by atoms with Crippen LogP contribution in [0.2, 0.25) is 5.02 Å². The molecule has 0 N–H and O–H groups in total. The van der Waals surface area contributed by atoms with Crippen LogP contribution in [0.5, 0.6) is 0 Å². The summed E-state index contributed by atoms with van der Waals surface area (Å²) in [5, 5.41) is 10.2. The van der Waals surface area contributed by atoms with Crippen LogP contribution in [0.1, 0.15) is 31.7 Å². The van der Waals surface area contributed by atoms with Gasteiger partial charge in [0.1, 0.15) is 0 Å². The minimum atomic E-state index is -0.198. The molecule has 1 aromatic rings. The zero-order valence-corrected chi connectivity index (χ0v) is 12.2. The Hall–Kier alpha value is -0.520. The number of benzene rings is 1. The highest BCUT2D eigenvalue weighted by molar-refractivity contribution is 9.10. The van der Waals surface area contributed by atoms with Crippen LogP contribution in [-0.4, -0.2) is 0 Å². The smallest absolute Gasteiger partial charge is 0.0693 e. The Kier molecular flexibility index (Phi) is 3.80. The van der Waals surface area contributed by atoms with E-state index in [-0.39, 0.29) is 5.41 Å². The van der Waals surface area contributed by atoms with Gasteiger partial charge in [-0.2, -0.15) is 5.26 Å². The molecule has 1 aliphatic rings. The molecule has 2 rings (SSSR count). The van der Waals surface area contributed by atoms with Gasteiger partial charge in [-0.25, -0.2) is 0 Å². The van der Waals surface area contributed by atoms with Gasteiger partial charge in [0.15, 0.2) is 0 Å². The van der Waals surface area contributed by atoms with E-state index < -0.39 is 0 Å². The van der Waals surface area contributed by atoms with Crippen molar-refractivity contribution in [1.82, 2.24) is 0 Å². The maximum absolute atomic E-state index is 9.44. The molecule has 2 atom stereocenters. The largest absolute Gasteiger partial charge is 0.198 e.